The van der Waals surface area contributed by atoms with Crippen molar-refractivity contribution in [2.24, 2.45) is 0 Å². The number of amides is 2. The summed E-state index contributed by atoms with van der Waals surface area (Å²) in [5.74, 6) is 0.683. The molecular formula is C24H32N3O4+. The van der Waals surface area contributed by atoms with E-state index in [0.29, 0.717) is 48.2 Å². The van der Waals surface area contributed by atoms with Crippen LogP contribution >= 0.6 is 0 Å². The zero-order chi connectivity index (χ0) is 22.1. The van der Waals surface area contributed by atoms with Crippen LogP contribution in [0, 0.1) is 0 Å². The van der Waals surface area contributed by atoms with E-state index in [9.17, 15) is 9.59 Å². The van der Waals surface area contributed by atoms with Gasteiger partial charge in [-0.25, -0.2) is 0 Å². The van der Waals surface area contributed by atoms with Gasteiger partial charge in [0.2, 0.25) is 0 Å². The maximum Gasteiger partial charge on any atom is 0.279 e. The van der Waals surface area contributed by atoms with E-state index in [1.165, 1.54) is 11.3 Å². The van der Waals surface area contributed by atoms with Crippen LogP contribution in [0.4, 0.5) is 11.4 Å². The van der Waals surface area contributed by atoms with Crippen molar-refractivity contribution in [1.82, 2.24) is 0 Å². The number of rotatable bonds is 9. The van der Waals surface area contributed by atoms with Gasteiger partial charge in [-0.1, -0.05) is 18.2 Å². The van der Waals surface area contributed by atoms with Gasteiger partial charge in [-0.3, -0.25) is 9.59 Å². The molecule has 1 heterocycles. The summed E-state index contributed by atoms with van der Waals surface area (Å²) in [5.41, 5.74) is 1.59. The highest BCUT2D eigenvalue weighted by atomic mass is 16.5. The number of anilines is 2. The van der Waals surface area contributed by atoms with Crippen molar-refractivity contribution in [3.63, 3.8) is 0 Å². The van der Waals surface area contributed by atoms with E-state index in [1.54, 1.807) is 24.3 Å². The highest BCUT2D eigenvalue weighted by molar-refractivity contribution is 6.05. The number of ether oxygens (including phenoxy) is 2. The lowest BCUT2D eigenvalue weighted by atomic mass is 10.1. The van der Waals surface area contributed by atoms with Crippen LogP contribution < -0.4 is 25.0 Å². The second-order valence-corrected chi connectivity index (χ2v) is 7.57. The molecule has 0 saturated carbocycles. The summed E-state index contributed by atoms with van der Waals surface area (Å²) >= 11 is 0. The maximum absolute atomic E-state index is 12.7. The summed E-state index contributed by atoms with van der Waals surface area (Å²) in [6, 6.07) is 12.4. The molecule has 0 aliphatic carbocycles. The largest absolute Gasteiger partial charge is 0.492 e. The minimum atomic E-state index is -0.241. The predicted octanol–water partition coefficient (Wildman–Crippen LogP) is 2.74. The molecule has 1 fully saturated rings. The van der Waals surface area contributed by atoms with Crippen molar-refractivity contribution in [3.8, 4) is 11.5 Å². The summed E-state index contributed by atoms with van der Waals surface area (Å²) in [7, 11) is 0. The van der Waals surface area contributed by atoms with Gasteiger partial charge < -0.3 is 25.0 Å². The molecule has 2 aromatic carbocycles. The monoisotopic (exact) mass is 426 g/mol. The van der Waals surface area contributed by atoms with E-state index in [2.05, 4.69) is 10.6 Å². The van der Waals surface area contributed by atoms with Crippen molar-refractivity contribution in [3.05, 3.63) is 48.0 Å². The molecule has 3 rings (SSSR count). The number of likely N-dealkylation sites (tertiary alicyclic amines) is 1. The first-order valence-corrected chi connectivity index (χ1v) is 11.0. The summed E-state index contributed by atoms with van der Waals surface area (Å²) in [4.78, 5) is 26.6. The third-order valence-electron chi connectivity index (χ3n) is 5.21. The average molecular weight is 427 g/mol. The standard InChI is InChI=1S/C24H31N3O4/c1-3-30-21-16-20(26-24(29)18-11-7-5-8-12-18)22(31-4-2)15-19(21)25-23(28)17-27-13-9-6-10-14-27/h5,7-8,11-12,15-16H,3-4,6,9-10,13-14,17H2,1-2H3,(H,25,28)(H,26,29)/p+1. The third-order valence-corrected chi connectivity index (χ3v) is 5.21. The molecule has 0 radical (unpaired) electrons. The Morgan fingerprint density at radius 2 is 1.45 bits per heavy atom. The third kappa shape index (κ3) is 6.46. The van der Waals surface area contributed by atoms with Crippen molar-refractivity contribution >= 4 is 23.2 Å². The van der Waals surface area contributed by atoms with E-state index >= 15 is 0 Å². The molecule has 2 aromatic rings. The number of carbonyl (C=O) groups is 2. The van der Waals surface area contributed by atoms with Gasteiger partial charge in [-0.05, 0) is 45.2 Å². The van der Waals surface area contributed by atoms with E-state index in [0.717, 1.165) is 25.9 Å². The molecule has 0 aromatic heterocycles. The zero-order valence-electron chi connectivity index (χ0n) is 18.3. The molecule has 1 aliphatic heterocycles. The van der Waals surface area contributed by atoms with Crippen LogP contribution in [0.2, 0.25) is 0 Å². The fourth-order valence-corrected chi connectivity index (χ4v) is 3.74. The lowest BCUT2D eigenvalue weighted by Gasteiger charge is -2.23. The van der Waals surface area contributed by atoms with Gasteiger partial charge in [0.05, 0.1) is 37.7 Å². The molecular weight excluding hydrogens is 394 g/mol. The first kappa shape index (κ1) is 22.6. The SMILES string of the molecule is CCOc1cc(NC(=O)c2ccccc2)c(OCC)cc1NC(=O)C[NH+]1CCCCC1. The highest BCUT2D eigenvalue weighted by Crippen LogP contribution is 2.37. The van der Waals surface area contributed by atoms with Crippen LogP contribution in [-0.4, -0.2) is 44.7 Å². The van der Waals surface area contributed by atoms with E-state index in [-0.39, 0.29) is 11.8 Å². The summed E-state index contributed by atoms with van der Waals surface area (Å²) in [6.07, 6.45) is 3.57. The molecule has 1 saturated heterocycles. The zero-order valence-corrected chi connectivity index (χ0v) is 18.3. The van der Waals surface area contributed by atoms with Gasteiger partial charge in [0.15, 0.2) is 6.54 Å². The second-order valence-electron chi connectivity index (χ2n) is 7.57. The average Bonchev–Trinajstić information content (AvgIpc) is 2.78. The van der Waals surface area contributed by atoms with Crippen LogP contribution in [0.15, 0.2) is 42.5 Å². The Hall–Kier alpha value is -3.06. The quantitative estimate of drug-likeness (QED) is 0.576. The second kappa shape index (κ2) is 11.4. The lowest BCUT2D eigenvalue weighted by molar-refractivity contribution is -0.896. The molecule has 0 spiro atoms. The van der Waals surface area contributed by atoms with Crippen LogP contribution in [0.25, 0.3) is 0 Å². The molecule has 0 atom stereocenters. The number of hydrogen-bond acceptors (Lipinski definition) is 4. The number of carbonyl (C=O) groups excluding carboxylic acids is 2. The molecule has 3 N–H and O–H groups in total. The van der Waals surface area contributed by atoms with Crippen LogP contribution in [0.5, 0.6) is 11.5 Å². The van der Waals surface area contributed by atoms with Crippen LogP contribution in [0.3, 0.4) is 0 Å². The molecule has 2 amide bonds. The molecule has 0 bridgehead atoms. The van der Waals surface area contributed by atoms with E-state index in [4.69, 9.17) is 9.47 Å². The van der Waals surface area contributed by atoms with Crippen LogP contribution in [-0.2, 0) is 4.79 Å². The Morgan fingerprint density at radius 3 is 2.03 bits per heavy atom. The fraction of sp³-hybridized carbons (Fsp3) is 0.417. The number of piperidine rings is 1. The predicted molar refractivity (Wildman–Crippen MR) is 121 cm³/mol. The van der Waals surface area contributed by atoms with Gasteiger partial charge in [-0.15, -0.1) is 0 Å². The van der Waals surface area contributed by atoms with Gasteiger partial charge in [0, 0.05) is 17.7 Å². The number of hydrogen-bond donors (Lipinski definition) is 3. The minimum absolute atomic E-state index is 0.0543. The van der Waals surface area contributed by atoms with Gasteiger partial charge >= 0.3 is 0 Å². The molecule has 31 heavy (non-hydrogen) atoms. The van der Waals surface area contributed by atoms with Gasteiger partial charge in [-0.2, -0.15) is 0 Å². The number of benzene rings is 2. The van der Waals surface area contributed by atoms with Crippen molar-refractivity contribution in [2.45, 2.75) is 33.1 Å². The van der Waals surface area contributed by atoms with Gasteiger partial charge in [0.1, 0.15) is 11.5 Å². The van der Waals surface area contributed by atoms with E-state index in [1.807, 2.05) is 32.0 Å². The van der Waals surface area contributed by atoms with E-state index < -0.39 is 0 Å². The Kier molecular flexibility index (Phi) is 8.29. The number of quaternary nitrogens is 1. The smallest absolute Gasteiger partial charge is 0.279 e. The molecule has 0 unspecified atom stereocenters. The molecule has 7 heteroatoms. The van der Waals surface area contributed by atoms with Crippen LogP contribution in [0.1, 0.15) is 43.5 Å². The summed E-state index contributed by atoms with van der Waals surface area (Å²) in [6.45, 7) is 7.09. The Morgan fingerprint density at radius 1 is 0.871 bits per heavy atom. The van der Waals surface area contributed by atoms with Gasteiger partial charge in [0.25, 0.3) is 11.8 Å². The molecule has 7 nitrogen and oxygen atoms in total. The number of nitrogens with one attached hydrogen (secondary N) is 3. The Balaban J connectivity index is 1.81. The van der Waals surface area contributed by atoms with Crippen molar-refractivity contribution < 1.29 is 24.0 Å². The fourth-order valence-electron chi connectivity index (χ4n) is 3.74. The van der Waals surface area contributed by atoms with Crippen molar-refractivity contribution in [2.75, 3.05) is 43.5 Å². The minimum Gasteiger partial charge on any atom is -0.492 e. The summed E-state index contributed by atoms with van der Waals surface area (Å²) in [5, 5.41) is 5.87. The summed E-state index contributed by atoms with van der Waals surface area (Å²) < 4.78 is 11.5. The molecule has 1 aliphatic rings. The maximum atomic E-state index is 12.7. The Labute approximate surface area is 183 Å². The highest BCUT2D eigenvalue weighted by Gasteiger charge is 2.20. The molecule has 166 valence electrons. The topological polar surface area (TPSA) is 81.1 Å². The normalized spacial score (nSPS) is 14.0. The van der Waals surface area contributed by atoms with Crippen molar-refractivity contribution in [1.29, 1.82) is 0 Å². The Bertz CT molecular complexity index is 880. The first-order chi connectivity index (χ1) is 15.1. The lowest BCUT2D eigenvalue weighted by Crippen LogP contribution is -3.13. The first-order valence-electron chi connectivity index (χ1n) is 11.0.